The molecule has 0 saturated carbocycles. The summed E-state index contributed by atoms with van der Waals surface area (Å²) in [6.07, 6.45) is 1.76. The lowest BCUT2D eigenvalue weighted by atomic mass is 9.95. The first kappa shape index (κ1) is 22.6. The van der Waals surface area contributed by atoms with Crippen LogP contribution in [0.4, 0.5) is 4.39 Å². The zero-order valence-electron chi connectivity index (χ0n) is 15.7. The van der Waals surface area contributed by atoms with E-state index in [9.17, 15) is 9.18 Å². The minimum Gasteiger partial charge on any atom is -0.473 e. The van der Waals surface area contributed by atoms with Gasteiger partial charge in [0.25, 0.3) is 0 Å². The summed E-state index contributed by atoms with van der Waals surface area (Å²) in [4.78, 5) is 34.7. The van der Waals surface area contributed by atoms with Crippen LogP contribution < -0.4 is 0 Å². The van der Waals surface area contributed by atoms with Crippen LogP contribution in [-0.4, -0.2) is 64.0 Å². The van der Waals surface area contributed by atoms with Crippen LogP contribution >= 0.6 is 0 Å². The number of nitrogens with zero attached hydrogens (tertiary/aromatic N) is 2. The second-order valence-corrected chi connectivity index (χ2v) is 6.26. The molecule has 150 valence electrons. The molecule has 0 aliphatic carbocycles. The molecule has 1 aliphatic rings. The van der Waals surface area contributed by atoms with Gasteiger partial charge in [0.05, 0.1) is 0 Å². The normalized spacial score (nSPS) is 14.8. The average Bonchev–Trinajstić information content (AvgIpc) is 2.65. The lowest BCUT2D eigenvalue weighted by Crippen LogP contribution is -2.42. The number of halogens is 1. The van der Waals surface area contributed by atoms with Crippen LogP contribution in [0.25, 0.3) is 0 Å². The molecule has 7 nitrogen and oxygen atoms in total. The maximum atomic E-state index is 13.7. The molecule has 1 amide bonds. The predicted molar refractivity (Wildman–Crippen MR) is 97.6 cm³/mol. The van der Waals surface area contributed by atoms with E-state index in [4.69, 9.17) is 19.8 Å². The van der Waals surface area contributed by atoms with Crippen LogP contribution in [-0.2, 0) is 20.9 Å². The summed E-state index contributed by atoms with van der Waals surface area (Å²) < 4.78 is 13.7. The molecular weight excluding hydrogens is 355 g/mol. The molecule has 1 aromatic rings. The zero-order valence-corrected chi connectivity index (χ0v) is 15.7. The van der Waals surface area contributed by atoms with Crippen molar-refractivity contribution in [1.29, 1.82) is 0 Å². The Balaban J connectivity index is 0.000000527. The van der Waals surface area contributed by atoms with Gasteiger partial charge >= 0.3 is 11.9 Å². The molecule has 0 radical (unpaired) electrons. The highest BCUT2D eigenvalue weighted by Crippen LogP contribution is 2.21. The van der Waals surface area contributed by atoms with Gasteiger partial charge in [-0.25, -0.2) is 14.0 Å². The maximum Gasteiger partial charge on any atom is 0.414 e. The number of carboxylic acid groups (broad SMARTS) is 2. The van der Waals surface area contributed by atoms with Crippen LogP contribution in [0.5, 0.6) is 0 Å². The second kappa shape index (κ2) is 11.3. The highest BCUT2D eigenvalue weighted by molar-refractivity contribution is 6.27. The molecule has 0 aromatic heterocycles. The van der Waals surface area contributed by atoms with Crippen molar-refractivity contribution in [1.82, 2.24) is 9.80 Å². The Morgan fingerprint density at radius 3 is 2.04 bits per heavy atom. The molecule has 0 bridgehead atoms. The Morgan fingerprint density at radius 2 is 1.59 bits per heavy atom. The van der Waals surface area contributed by atoms with Gasteiger partial charge in [0.15, 0.2) is 0 Å². The number of hydrogen-bond acceptors (Lipinski definition) is 4. The van der Waals surface area contributed by atoms with Crippen molar-refractivity contribution >= 4 is 17.8 Å². The highest BCUT2D eigenvalue weighted by Gasteiger charge is 2.27. The third kappa shape index (κ3) is 7.34. The SMILES string of the molecule is CCN(CC)C(=O)C1CCN(Cc2ccccc2F)CC1.O=C(O)C(=O)O. The molecular formula is C19H27FN2O5. The fourth-order valence-corrected chi connectivity index (χ4v) is 3.00. The first-order chi connectivity index (χ1) is 12.8. The maximum absolute atomic E-state index is 13.7. The van der Waals surface area contributed by atoms with Crippen molar-refractivity contribution in [2.75, 3.05) is 26.2 Å². The molecule has 8 heteroatoms. The number of carbonyl (C=O) groups excluding carboxylic acids is 1. The Labute approximate surface area is 158 Å². The van der Waals surface area contributed by atoms with Crippen molar-refractivity contribution in [3.63, 3.8) is 0 Å². The van der Waals surface area contributed by atoms with Crippen molar-refractivity contribution < 1.29 is 29.0 Å². The number of amides is 1. The van der Waals surface area contributed by atoms with Gasteiger partial charge in [0.1, 0.15) is 5.82 Å². The summed E-state index contributed by atoms with van der Waals surface area (Å²) in [6.45, 7) is 7.98. The van der Waals surface area contributed by atoms with Crippen molar-refractivity contribution in [2.24, 2.45) is 5.92 Å². The number of rotatable bonds is 5. The van der Waals surface area contributed by atoms with Gasteiger partial charge in [-0.2, -0.15) is 0 Å². The van der Waals surface area contributed by atoms with E-state index in [0.717, 1.165) is 44.6 Å². The smallest absolute Gasteiger partial charge is 0.414 e. The summed E-state index contributed by atoms with van der Waals surface area (Å²) in [6, 6.07) is 6.93. The summed E-state index contributed by atoms with van der Waals surface area (Å²) >= 11 is 0. The van der Waals surface area contributed by atoms with Gasteiger partial charge in [-0.05, 0) is 45.8 Å². The monoisotopic (exact) mass is 382 g/mol. The average molecular weight is 382 g/mol. The Hall–Kier alpha value is -2.48. The third-order valence-corrected chi connectivity index (χ3v) is 4.55. The van der Waals surface area contributed by atoms with E-state index in [1.807, 2.05) is 30.9 Å². The van der Waals surface area contributed by atoms with Crippen molar-refractivity contribution in [3.05, 3.63) is 35.6 Å². The van der Waals surface area contributed by atoms with Gasteiger partial charge < -0.3 is 15.1 Å². The van der Waals surface area contributed by atoms with E-state index >= 15 is 0 Å². The number of aliphatic carboxylic acids is 2. The molecule has 1 aliphatic heterocycles. The van der Waals surface area contributed by atoms with Crippen LogP contribution in [0.15, 0.2) is 24.3 Å². The van der Waals surface area contributed by atoms with Gasteiger partial charge in [0, 0.05) is 31.1 Å². The molecule has 0 atom stereocenters. The molecule has 1 fully saturated rings. The molecule has 27 heavy (non-hydrogen) atoms. The summed E-state index contributed by atoms with van der Waals surface area (Å²) in [5, 5.41) is 14.8. The molecule has 1 saturated heterocycles. The standard InChI is InChI=1S/C17H25FN2O.C2H2O4/c1-3-20(4-2)17(21)14-9-11-19(12-10-14)13-15-7-5-6-8-16(15)18;3-1(4)2(5)6/h5-8,14H,3-4,9-13H2,1-2H3;(H,3,4)(H,5,6). The molecule has 2 rings (SSSR count). The Morgan fingerprint density at radius 1 is 1.07 bits per heavy atom. The van der Waals surface area contributed by atoms with Crippen LogP contribution in [0.3, 0.4) is 0 Å². The zero-order chi connectivity index (χ0) is 20.4. The molecule has 0 unspecified atom stereocenters. The number of hydrogen-bond donors (Lipinski definition) is 2. The molecule has 2 N–H and O–H groups in total. The lowest BCUT2D eigenvalue weighted by Gasteiger charge is -2.33. The Bertz CT molecular complexity index is 629. The van der Waals surface area contributed by atoms with Crippen LogP contribution in [0, 0.1) is 11.7 Å². The number of carboxylic acids is 2. The number of likely N-dealkylation sites (tertiary alicyclic amines) is 1. The van der Waals surface area contributed by atoms with E-state index < -0.39 is 11.9 Å². The van der Waals surface area contributed by atoms with Gasteiger partial charge in [-0.1, -0.05) is 18.2 Å². The minimum atomic E-state index is -1.82. The largest absolute Gasteiger partial charge is 0.473 e. The fourth-order valence-electron chi connectivity index (χ4n) is 3.00. The van der Waals surface area contributed by atoms with Crippen molar-refractivity contribution in [2.45, 2.75) is 33.2 Å². The van der Waals surface area contributed by atoms with E-state index in [1.54, 1.807) is 6.07 Å². The first-order valence-corrected chi connectivity index (χ1v) is 9.00. The highest BCUT2D eigenvalue weighted by atomic mass is 19.1. The number of benzene rings is 1. The molecule has 1 heterocycles. The topological polar surface area (TPSA) is 98.2 Å². The lowest BCUT2D eigenvalue weighted by molar-refractivity contribution is -0.159. The third-order valence-electron chi connectivity index (χ3n) is 4.55. The summed E-state index contributed by atoms with van der Waals surface area (Å²) in [7, 11) is 0. The van der Waals surface area contributed by atoms with Crippen LogP contribution in [0.2, 0.25) is 0 Å². The van der Waals surface area contributed by atoms with Crippen molar-refractivity contribution in [3.8, 4) is 0 Å². The molecule has 0 spiro atoms. The number of piperidine rings is 1. The molecule has 1 aromatic carbocycles. The van der Waals surface area contributed by atoms with E-state index in [1.165, 1.54) is 6.07 Å². The number of carbonyl (C=O) groups is 3. The van der Waals surface area contributed by atoms with Gasteiger partial charge in [0.2, 0.25) is 5.91 Å². The minimum absolute atomic E-state index is 0.140. The summed E-state index contributed by atoms with van der Waals surface area (Å²) in [5.41, 5.74) is 0.742. The van der Waals surface area contributed by atoms with Crippen LogP contribution in [0.1, 0.15) is 32.3 Å². The second-order valence-electron chi connectivity index (χ2n) is 6.26. The first-order valence-electron chi connectivity index (χ1n) is 9.00. The summed E-state index contributed by atoms with van der Waals surface area (Å²) in [5.74, 6) is -3.36. The van der Waals surface area contributed by atoms with E-state index in [-0.39, 0.29) is 17.6 Å². The van der Waals surface area contributed by atoms with E-state index in [2.05, 4.69) is 4.90 Å². The van der Waals surface area contributed by atoms with Gasteiger partial charge in [-0.3, -0.25) is 9.69 Å². The van der Waals surface area contributed by atoms with Gasteiger partial charge in [-0.15, -0.1) is 0 Å². The van der Waals surface area contributed by atoms with E-state index in [0.29, 0.717) is 6.54 Å². The Kier molecular flexibility index (Phi) is 9.42. The quantitative estimate of drug-likeness (QED) is 0.757. The fraction of sp³-hybridized carbons (Fsp3) is 0.526. The predicted octanol–water partition coefficient (Wildman–Crippen LogP) is 2.06.